The van der Waals surface area contributed by atoms with Crippen LogP contribution in [-0.4, -0.2) is 41.0 Å². The molecular weight excluding hydrogens is 697 g/mol. The van der Waals surface area contributed by atoms with Crippen LogP contribution in [0.5, 0.6) is 0 Å². The number of nitrogens with one attached hydrogen (secondary N) is 1. The highest BCUT2D eigenvalue weighted by atomic mass is 127. The van der Waals surface area contributed by atoms with Gasteiger partial charge in [0.15, 0.2) is 0 Å². The molecule has 0 saturated carbocycles. The number of halogens is 3. The topological polar surface area (TPSA) is 124 Å². The Morgan fingerprint density at radius 2 is 1.59 bits per heavy atom. The summed E-state index contributed by atoms with van der Waals surface area (Å²) >= 11 is 5.86. The molecule has 0 atom stereocenters. The number of carbonyl (C=O) groups excluding carboxylic acids is 2. The van der Waals surface area contributed by atoms with Crippen LogP contribution < -0.4 is 10.2 Å². The third-order valence-corrected chi connectivity index (χ3v) is 7.01. The second-order valence-electron chi connectivity index (χ2n) is 5.56. The zero-order chi connectivity index (χ0) is 20.9. The summed E-state index contributed by atoms with van der Waals surface area (Å²) in [6, 6.07) is 0. The molecule has 1 rings (SSSR count). The van der Waals surface area contributed by atoms with Crippen molar-refractivity contribution in [3.8, 4) is 0 Å². The van der Waals surface area contributed by atoms with Crippen LogP contribution in [0.15, 0.2) is 0 Å². The molecule has 0 saturated heterocycles. The van der Waals surface area contributed by atoms with Gasteiger partial charge in [-0.25, -0.2) is 4.79 Å². The summed E-state index contributed by atoms with van der Waals surface area (Å²) < 4.78 is 1.57. The number of amides is 2. The van der Waals surface area contributed by atoms with Crippen LogP contribution in [0.3, 0.4) is 0 Å². The van der Waals surface area contributed by atoms with Gasteiger partial charge in [-0.3, -0.25) is 14.4 Å². The van der Waals surface area contributed by atoms with Crippen LogP contribution in [0, 0.1) is 10.7 Å². The van der Waals surface area contributed by atoms with Gasteiger partial charge < -0.3 is 20.4 Å². The first-order chi connectivity index (χ1) is 12.5. The van der Waals surface area contributed by atoms with E-state index in [0.29, 0.717) is 22.0 Å². The van der Waals surface area contributed by atoms with E-state index in [4.69, 9.17) is 5.11 Å². The lowest BCUT2D eigenvalue weighted by molar-refractivity contribution is -0.137. The Bertz CT molecular complexity index is 797. The third kappa shape index (κ3) is 6.40. The van der Waals surface area contributed by atoms with Crippen molar-refractivity contribution in [3.63, 3.8) is 0 Å². The molecule has 1 aromatic carbocycles. The number of carboxylic acid groups (broad SMARTS) is 2. The van der Waals surface area contributed by atoms with Crippen molar-refractivity contribution < 1.29 is 29.4 Å². The van der Waals surface area contributed by atoms with E-state index in [1.807, 2.05) is 67.8 Å². The summed E-state index contributed by atoms with van der Waals surface area (Å²) in [5, 5.41) is 21.0. The Hall–Kier alpha value is -0.710. The fraction of sp³-hybridized carbons (Fsp3) is 0.375. The summed E-state index contributed by atoms with van der Waals surface area (Å²) in [6.07, 6.45) is 0.111. The minimum atomic E-state index is -1.13. The molecule has 2 amide bonds. The summed E-state index contributed by atoms with van der Waals surface area (Å²) in [6.45, 7) is 1.50. The maximum absolute atomic E-state index is 12.5. The van der Waals surface area contributed by atoms with Crippen LogP contribution in [0.1, 0.15) is 42.1 Å². The summed E-state index contributed by atoms with van der Waals surface area (Å²) in [4.78, 5) is 47.5. The van der Waals surface area contributed by atoms with Crippen LogP contribution in [0.25, 0.3) is 0 Å². The Kier molecular flexibility index (Phi) is 9.67. The molecule has 148 valence electrons. The SMILES string of the molecule is CC(=O)NCc1c(I)c(C(=O)O)c(I)c(N(C)C(=O)CCCC(=O)O)c1I. The highest BCUT2D eigenvalue weighted by Gasteiger charge is 2.27. The number of anilines is 1. The number of hydrogen-bond acceptors (Lipinski definition) is 4. The average Bonchev–Trinajstić information content (AvgIpc) is 2.53. The fourth-order valence-corrected chi connectivity index (χ4v) is 6.97. The van der Waals surface area contributed by atoms with Gasteiger partial charge in [-0.05, 0) is 74.2 Å². The molecule has 0 aliphatic carbocycles. The Morgan fingerprint density at radius 1 is 1.00 bits per heavy atom. The molecule has 0 spiro atoms. The van der Waals surface area contributed by atoms with Gasteiger partial charge in [0.1, 0.15) is 0 Å². The molecular formula is C16H17I3N2O6. The van der Waals surface area contributed by atoms with Gasteiger partial charge in [-0.1, -0.05) is 0 Å². The van der Waals surface area contributed by atoms with Crippen molar-refractivity contribution >= 4 is 97.2 Å². The fourth-order valence-electron chi connectivity index (χ4n) is 2.23. The molecule has 0 fully saturated rings. The quantitative estimate of drug-likeness (QED) is 0.356. The molecule has 3 N–H and O–H groups in total. The molecule has 0 aliphatic heterocycles. The van der Waals surface area contributed by atoms with E-state index in [2.05, 4.69) is 5.32 Å². The maximum Gasteiger partial charge on any atom is 0.337 e. The molecule has 0 radical (unpaired) electrons. The van der Waals surface area contributed by atoms with Crippen molar-refractivity contribution in [2.75, 3.05) is 11.9 Å². The van der Waals surface area contributed by atoms with Gasteiger partial charge in [-0.15, -0.1) is 0 Å². The van der Waals surface area contributed by atoms with Crippen LogP contribution in [-0.2, 0) is 20.9 Å². The number of aliphatic carboxylic acids is 1. The minimum absolute atomic E-state index is 0.0321. The average molecular weight is 714 g/mol. The van der Waals surface area contributed by atoms with Gasteiger partial charge in [0.25, 0.3) is 0 Å². The zero-order valence-electron chi connectivity index (χ0n) is 14.4. The second kappa shape index (κ2) is 10.7. The second-order valence-corrected chi connectivity index (χ2v) is 8.80. The van der Waals surface area contributed by atoms with Crippen molar-refractivity contribution in [3.05, 3.63) is 21.8 Å². The highest BCUT2D eigenvalue weighted by Crippen LogP contribution is 2.37. The Labute approximate surface area is 196 Å². The third-order valence-electron chi connectivity index (χ3n) is 3.60. The first-order valence-corrected chi connectivity index (χ1v) is 10.9. The van der Waals surface area contributed by atoms with E-state index in [1.54, 1.807) is 0 Å². The Morgan fingerprint density at radius 3 is 2.07 bits per heavy atom. The molecule has 27 heavy (non-hydrogen) atoms. The van der Waals surface area contributed by atoms with Gasteiger partial charge in [0.2, 0.25) is 11.8 Å². The molecule has 0 aliphatic rings. The largest absolute Gasteiger partial charge is 0.481 e. The van der Waals surface area contributed by atoms with E-state index >= 15 is 0 Å². The van der Waals surface area contributed by atoms with Crippen LogP contribution >= 0.6 is 67.8 Å². The normalized spacial score (nSPS) is 10.4. The smallest absolute Gasteiger partial charge is 0.337 e. The summed E-state index contributed by atoms with van der Waals surface area (Å²) in [5.74, 6) is -2.67. The van der Waals surface area contributed by atoms with E-state index in [9.17, 15) is 24.3 Å². The highest BCUT2D eigenvalue weighted by molar-refractivity contribution is 14.1. The van der Waals surface area contributed by atoms with Crippen molar-refractivity contribution in [1.29, 1.82) is 0 Å². The van der Waals surface area contributed by atoms with Gasteiger partial charge in [0, 0.05) is 46.1 Å². The maximum atomic E-state index is 12.5. The lowest BCUT2D eigenvalue weighted by Gasteiger charge is -2.24. The molecule has 0 unspecified atom stereocenters. The summed E-state index contributed by atoms with van der Waals surface area (Å²) in [5.41, 5.74) is 1.12. The minimum Gasteiger partial charge on any atom is -0.481 e. The number of carbonyl (C=O) groups is 4. The van der Waals surface area contributed by atoms with Crippen LogP contribution in [0.2, 0.25) is 0 Å². The molecule has 0 heterocycles. The zero-order valence-corrected chi connectivity index (χ0v) is 20.9. The predicted octanol–water partition coefficient (Wildman–Crippen LogP) is 3.05. The number of nitrogens with zero attached hydrogens (tertiary/aromatic N) is 1. The molecule has 0 aromatic heterocycles. The van der Waals surface area contributed by atoms with E-state index in [0.717, 1.165) is 0 Å². The predicted molar refractivity (Wildman–Crippen MR) is 124 cm³/mol. The molecule has 1 aromatic rings. The number of aromatic carboxylic acids is 1. The van der Waals surface area contributed by atoms with Gasteiger partial charge in [0.05, 0.1) is 14.8 Å². The number of rotatable bonds is 8. The van der Waals surface area contributed by atoms with Crippen molar-refractivity contribution in [2.24, 2.45) is 0 Å². The lowest BCUT2D eigenvalue weighted by Crippen LogP contribution is -2.30. The summed E-state index contributed by atoms with van der Waals surface area (Å²) in [7, 11) is 1.53. The molecule has 8 nitrogen and oxygen atoms in total. The monoisotopic (exact) mass is 714 g/mol. The van der Waals surface area contributed by atoms with Gasteiger partial charge >= 0.3 is 11.9 Å². The van der Waals surface area contributed by atoms with E-state index in [-0.39, 0.29) is 43.2 Å². The standard InChI is InChI=1S/C16H17I3N2O6/c1-7(22)20-6-8-12(17)11(16(26)27)14(19)15(13(8)18)21(2)9(23)4-3-5-10(24)25/h3-6H2,1-2H3,(H,20,22)(H,24,25)(H,26,27). The first-order valence-electron chi connectivity index (χ1n) is 7.64. The Balaban J connectivity index is 3.39. The van der Waals surface area contributed by atoms with Gasteiger partial charge in [-0.2, -0.15) is 0 Å². The van der Waals surface area contributed by atoms with E-state index < -0.39 is 11.9 Å². The molecule has 11 heteroatoms. The van der Waals surface area contributed by atoms with E-state index in [1.165, 1.54) is 18.9 Å². The molecule has 0 bridgehead atoms. The number of carboxylic acids is 2. The number of hydrogen-bond donors (Lipinski definition) is 3. The lowest BCUT2D eigenvalue weighted by atomic mass is 10.1. The van der Waals surface area contributed by atoms with Crippen molar-refractivity contribution in [1.82, 2.24) is 5.32 Å². The first kappa shape index (κ1) is 24.3. The van der Waals surface area contributed by atoms with Crippen LogP contribution in [0.4, 0.5) is 5.69 Å². The van der Waals surface area contributed by atoms with Crippen molar-refractivity contribution in [2.45, 2.75) is 32.7 Å². The number of benzene rings is 1.